The molecule has 0 aliphatic rings. The molecule has 7 heteroatoms. The minimum absolute atomic E-state index is 0.292. The van der Waals surface area contributed by atoms with Gasteiger partial charge in [0.1, 0.15) is 6.10 Å². The molecule has 0 bridgehead atoms. The van der Waals surface area contributed by atoms with Gasteiger partial charge >= 0.3 is 5.97 Å². The summed E-state index contributed by atoms with van der Waals surface area (Å²) in [5.74, 6) is -0.901. The highest BCUT2D eigenvalue weighted by atomic mass is 16.5. The molecule has 90 valence electrons. The van der Waals surface area contributed by atoms with E-state index in [2.05, 4.69) is 14.7 Å². The number of aliphatic hydroxyl groups is 2. The Hall–Kier alpha value is -1.99. The van der Waals surface area contributed by atoms with Crippen molar-refractivity contribution in [3.8, 4) is 0 Å². The normalized spacial score (nSPS) is 14.5. The molecular weight excluding hydrogens is 226 g/mol. The predicted octanol–water partition coefficient (Wildman–Crippen LogP) is -0.703. The molecule has 0 saturated carbocycles. The SMILES string of the molecule is COC(=O)C(O)C(O)c1cnc2cnccn12. The smallest absolute Gasteiger partial charge is 0.337 e. The molecule has 0 fully saturated rings. The Morgan fingerprint density at radius 3 is 2.94 bits per heavy atom. The number of hydrogen-bond acceptors (Lipinski definition) is 6. The van der Waals surface area contributed by atoms with E-state index in [9.17, 15) is 15.0 Å². The van der Waals surface area contributed by atoms with E-state index in [1.807, 2.05) is 0 Å². The summed E-state index contributed by atoms with van der Waals surface area (Å²) in [6.45, 7) is 0. The van der Waals surface area contributed by atoms with Crippen molar-refractivity contribution in [3.63, 3.8) is 0 Å². The monoisotopic (exact) mass is 237 g/mol. The average molecular weight is 237 g/mol. The summed E-state index contributed by atoms with van der Waals surface area (Å²) in [4.78, 5) is 19.0. The standard InChI is InChI=1S/C10H11N3O4/c1-17-10(16)9(15)8(14)6-4-12-7-5-11-2-3-13(6)7/h2-5,8-9,14-15H,1H3. The van der Waals surface area contributed by atoms with Gasteiger partial charge in [0.05, 0.1) is 25.2 Å². The lowest BCUT2D eigenvalue weighted by atomic mass is 10.1. The highest BCUT2D eigenvalue weighted by molar-refractivity contribution is 5.75. The maximum atomic E-state index is 11.1. The quantitative estimate of drug-likeness (QED) is 0.685. The number of carbonyl (C=O) groups is 1. The summed E-state index contributed by atoms with van der Waals surface area (Å²) in [5, 5.41) is 19.4. The number of fused-ring (bicyclic) bond motifs is 1. The van der Waals surface area contributed by atoms with Gasteiger partial charge in [0, 0.05) is 12.4 Å². The lowest BCUT2D eigenvalue weighted by Crippen LogP contribution is -2.29. The first kappa shape index (κ1) is 11.5. The van der Waals surface area contributed by atoms with E-state index in [-0.39, 0.29) is 0 Å². The molecule has 0 radical (unpaired) electrons. The zero-order valence-electron chi connectivity index (χ0n) is 9.02. The Labute approximate surface area is 96.3 Å². The third-order valence-electron chi connectivity index (χ3n) is 2.39. The van der Waals surface area contributed by atoms with Gasteiger partial charge in [0.25, 0.3) is 0 Å². The van der Waals surface area contributed by atoms with Crippen molar-refractivity contribution in [1.29, 1.82) is 0 Å². The van der Waals surface area contributed by atoms with E-state index in [4.69, 9.17) is 0 Å². The van der Waals surface area contributed by atoms with Gasteiger partial charge in [-0.3, -0.25) is 9.38 Å². The van der Waals surface area contributed by atoms with Crippen molar-refractivity contribution in [2.45, 2.75) is 12.2 Å². The van der Waals surface area contributed by atoms with Crippen LogP contribution in [0.15, 0.2) is 24.8 Å². The number of nitrogens with zero attached hydrogens (tertiary/aromatic N) is 3. The fraction of sp³-hybridized carbons (Fsp3) is 0.300. The summed E-state index contributed by atoms with van der Waals surface area (Å²) in [6, 6.07) is 0. The van der Waals surface area contributed by atoms with Crippen molar-refractivity contribution >= 4 is 11.6 Å². The number of ether oxygens (including phenoxy) is 1. The Bertz CT molecular complexity index is 539. The van der Waals surface area contributed by atoms with Crippen molar-refractivity contribution < 1.29 is 19.7 Å². The number of esters is 1. The second kappa shape index (κ2) is 4.48. The molecule has 17 heavy (non-hydrogen) atoms. The first-order valence-corrected chi connectivity index (χ1v) is 4.86. The van der Waals surface area contributed by atoms with Gasteiger partial charge in [-0.2, -0.15) is 0 Å². The highest BCUT2D eigenvalue weighted by Crippen LogP contribution is 2.18. The molecule has 2 aromatic heterocycles. The third kappa shape index (κ3) is 1.97. The molecule has 2 unspecified atom stereocenters. The Morgan fingerprint density at radius 2 is 2.24 bits per heavy atom. The van der Waals surface area contributed by atoms with Crippen LogP contribution >= 0.6 is 0 Å². The summed E-state index contributed by atoms with van der Waals surface area (Å²) >= 11 is 0. The predicted molar refractivity (Wildman–Crippen MR) is 56.0 cm³/mol. The van der Waals surface area contributed by atoms with Crippen LogP contribution < -0.4 is 0 Å². The molecule has 0 aliphatic heterocycles. The number of hydrogen-bond donors (Lipinski definition) is 2. The molecule has 2 heterocycles. The van der Waals surface area contributed by atoms with Crippen LogP contribution in [0.4, 0.5) is 0 Å². The maximum Gasteiger partial charge on any atom is 0.337 e. The Balaban J connectivity index is 2.36. The topological polar surface area (TPSA) is 97.0 Å². The number of aliphatic hydroxyl groups excluding tert-OH is 2. The van der Waals surface area contributed by atoms with Crippen molar-refractivity contribution in [1.82, 2.24) is 14.4 Å². The van der Waals surface area contributed by atoms with Crippen LogP contribution in [0.3, 0.4) is 0 Å². The van der Waals surface area contributed by atoms with Crippen LogP contribution in [-0.2, 0) is 9.53 Å². The largest absolute Gasteiger partial charge is 0.467 e. The second-order valence-electron chi connectivity index (χ2n) is 3.40. The van der Waals surface area contributed by atoms with Crippen LogP contribution in [0, 0.1) is 0 Å². The van der Waals surface area contributed by atoms with Crippen LogP contribution in [-0.4, -0.2) is 43.8 Å². The molecule has 0 spiro atoms. The molecule has 0 saturated heterocycles. The van der Waals surface area contributed by atoms with Crippen molar-refractivity contribution in [2.24, 2.45) is 0 Å². The highest BCUT2D eigenvalue weighted by Gasteiger charge is 2.28. The van der Waals surface area contributed by atoms with E-state index >= 15 is 0 Å². The van der Waals surface area contributed by atoms with Gasteiger partial charge in [-0.25, -0.2) is 9.78 Å². The molecule has 0 amide bonds. The minimum Gasteiger partial charge on any atom is -0.467 e. The summed E-state index contributed by atoms with van der Waals surface area (Å²) in [6.07, 6.45) is 2.91. The van der Waals surface area contributed by atoms with Crippen LogP contribution in [0.25, 0.3) is 5.65 Å². The van der Waals surface area contributed by atoms with Crippen LogP contribution in [0.2, 0.25) is 0 Å². The van der Waals surface area contributed by atoms with Gasteiger partial charge in [-0.15, -0.1) is 0 Å². The molecule has 2 atom stereocenters. The van der Waals surface area contributed by atoms with Crippen LogP contribution in [0.1, 0.15) is 11.8 Å². The summed E-state index contributed by atoms with van der Waals surface area (Å²) in [5.41, 5.74) is 0.805. The lowest BCUT2D eigenvalue weighted by molar-refractivity contribution is -0.157. The van der Waals surface area contributed by atoms with Gasteiger partial charge in [0.2, 0.25) is 0 Å². The van der Waals surface area contributed by atoms with E-state index in [0.717, 1.165) is 7.11 Å². The number of imidazole rings is 1. The fourth-order valence-corrected chi connectivity index (χ4v) is 1.49. The fourth-order valence-electron chi connectivity index (χ4n) is 1.49. The molecular formula is C10H11N3O4. The molecule has 7 nitrogen and oxygen atoms in total. The third-order valence-corrected chi connectivity index (χ3v) is 2.39. The molecule has 2 N–H and O–H groups in total. The summed E-state index contributed by atoms with van der Waals surface area (Å²) < 4.78 is 5.88. The maximum absolute atomic E-state index is 11.1. The second-order valence-corrected chi connectivity index (χ2v) is 3.40. The zero-order chi connectivity index (χ0) is 12.4. The molecule has 2 rings (SSSR count). The van der Waals surface area contributed by atoms with Gasteiger partial charge in [-0.05, 0) is 0 Å². The minimum atomic E-state index is -1.65. The number of aromatic nitrogens is 3. The van der Waals surface area contributed by atoms with Gasteiger partial charge < -0.3 is 14.9 Å². The van der Waals surface area contributed by atoms with E-state index < -0.39 is 18.2 Å². The van der Waals surface area contributed by atoms with Crippen molar-refractivity contribution in [2.75, 3.05) is 7.11 Å². The van der Waals surface area contributed by atoms with E-state index in [1.54, 1.807) is 6.20 Å². The Morgan fingerprint density at radius 1 is 1.47 bits per heavy atom. The number of methoxy groups -OCH3 is 1. The molecule has 0 aromatic carbocycles. The first-order valence-electron chi connectivity index (χ1n) is 4.86. The van der Waals surface area contributed by atoms with Crippen molar-refractivity contribution in [3.05, 3.63) is 30.5 Å². The lowest BCUT2D eigenvalue weighted by Gasteiger charge is -2.15. The van der Waals surface area contributed by atoms with Gasteiger partial charge in [0.15, 0.2) is 11.8 Å². The average Bonchev–Trinajstić information content (AvgIpc) is 2.79. The zero-order valence-corrected chi connectivity index (χ0v) is 9.02. The van der Waals surface area contributed by atoms with Crippen LogP contribution in [0.5, 0.6) is 0 Å². The number of rotatable bonds is 3. The molecule has 2 aromatic rings. The first-order chi connectivity index (χ1) is 8.15. The Kier molecular flexibility index (Phi) is 3.03. The van der Waals surface area contributed by atoms with E-state index in [1.165, 1.54) is 23.0 Å². The molecule has 0 aliphatic carbocycles. The van der Waals surface area contributed by atoms with E-state index in [0.29, 0.717) is 11.3 Å². The number of carbonyl (C=O) groups excluding carboxylic acids is 1. The van der Waals surface area contributed by atoms with Gasteiger partial charge in [-0.1, -0.05) is 0 Å². The summed E-state index contributed by atoms with van der Waals surface area (Å²) in [7, 11) is 1.14.